The summed E-state index contributed by atoms with van der Waals surface area (Å²) in [5.74, 6) is 0.472. The highest BCUT2D eigenvalue weighted by Gasteiger charge is 2.43. The highest BCUT2D eigenvalue weighted by Crippen LogP contribution is 2.44. The molecule has 3 aliphatic heterocycles. The number of nitrogens with one attached hydrogen (secondary N) is 1. The topological polar surface area (TPSA) is 111 Å². The van der Waals surface area contributed by atoms with Crippen LogP contribution in [0.3, 0.4) is 0 Å². The van der Waals surface area contributed by atoms with Crippen LogP contribution in [0.4, 0.5) is 11.5 Å². The van der Waals surface area contributed by atoms with Crippen molar-refractivity contribution in [1.29, 1.82) is 5.26 Å². The molecule has 6 rings (SSSR count). The smallest absolute Gasteiger partial charge is 0.257 e. The van der Waals surface area contributed by atoms with Gasteiger partial charge in [-0.2, -0.15) is 5.26 Å². The number of ether oxygens (including phenoxy) is 1. The fourth-order valence-electron chi connectivity index (χ4n) is 5.81. The number of hydrogen-bond donors (Lipinski definition) is 1. The van der Waals surface area contributed by atoms with Gasteiger partial charge in [-0.3, -0.25) is 14.6 Å². The summed E-state index contributed by atoms with van der Waals surface area (Å²) in [5, 5.41) is 12.1. The highest BCUT2D eigenvalue weighted by molar-refractivity contribution is 6.05. The van der Waals surface area contributed by atoms with Crippen molar-refractivity contribution in [2.24, 2.45) is 0 Å². The lowest BCUT2D eigenvalue weighted by atomic mass is 9.83. The van der Waals surface area contributed by atoms with Crippen LogP contribution in [0, 0.1) is 18.3 Å². The molecule has 5 heterocycles. The van der Waals surface area contributed by atoms with Crippen LogP contribution < -0.4 is 10.2 Å². The minimum absolute atomic E-state index is 0.123. The zero-order valence-electron chi connectivity index (χ0n) is 21.9. The zero-order chi connectivity index (χ0) is 27.0. The number of benzene rings is 1. The lowest BCUT2D eigenvalue weighted by Crippen LogP contribution is -2.45. The third-order valence-electron chi connectivity index (χ3n) is 8.11. The summed E-state index contributed by atoms with van der Waals surface area (Å²) in [7, 11) is 0. The number of aromatic nitrogens is 2. The van der Waals surface area contributed by atoms with Crippen molar-refractivity contribution >= 4 is 23.3 Å². The van der Waals surface area contributed by atoms with Crippen LogP contribution in [0.25, 0.3) is 0 Å². The number of aryl methyl sites for hydroxylation is 1. The molecule has 198 valence electrons. The van der Waals surface area contributed by atoms with Gasteiger partial charge in [0, 0.05) is 38.6 Å². The predicted octanol–water partition coefficient (Wildman–Crippen LogP) is 4.17. The van der Waals surface area contributed by atoms with Gasteiger partial charge in [0.05, 0.1) is 46.3 Å². The van der Waals surface area contributed by atoms with Gasteiger partial charge >= 0.3 is 0 Å². The predicted molar refractivity (Wildman–Crippen MR) is 145 cm³/mol. The van der Waals surface area contributed by atoms with Gasteiger partial charge in [0.15, 0.2) is 0 Å². The first-order valence-electron chi connectivity index (χ1n) is 13.4. The summed E-state index contributed by atoms with van der Waals surface area (Å²) < 4.78 is 6.23. The van der Waals surface area contributed by atoms with Crippen molar-refractivity contribution in [2.75, 3.05) is 36.4 Å². The molecule has 0 aliphatic carbocycles. The molecule has 1 N–H and O–H groups in total. The van der Waals surface area contributed by atoms with E-state index >= 15 is 0 Å². The third-order valence-corrected chi connectivity index (χ3v) is 8.11. The number of carbonyl (C=O) groups excluding carboxylic acids is 2. The summed E-state index contributed by atoms with van der Waals surface area (Å²) in [5.41, 5.74) is 4.41. The molecular weight excluding hydrogens is 492 g/mol. The monoisotopic (exact) mass is 522 g/mol. The standard InChI is InChI=1S/C30H30N6O3/c1-20-26(34-28(37)22-5-7-27(33-17-22)35-10-2-3-11-35)15-23(18-32-20)29(38)36-12-8-30(9-13-36)25-6-4-21(16-31)14-24(25)19-39-30/h4-7,14-15,17-18H,2-3,8-13,19H2,1H3,(H,34,37). The van der Waals surface area contributed by atoms with Crippen molar-refractivity contribution in [3.05, 3.63) is 82.3 Å². The van der Waals surface area contributed by atoms with Gasteiger partial charge in [-0.1, -0.05) is 6.07 Å². The molecule has 0 radical (unpaired) electrons. The van der Waals surface area contributed by atoms with E-state index in [-0.39, 0.29) is 11.8 Å². The van der Waals surface area contributed by atoms with Crippen LogP contribution in [0.1, 0.15) is 68.8 Å². The van der Waals surface area contributed by atoms with E-state index < -0.39 is 5.60 Å². The Balaban J connectivity index is 1.12. The fourth-order valence-corrected chi connectivity index (χ4v) is 5.81. The van der Waals surface area contributed by atoms with E-state index in [0.717, 1.165) is 42.9 Å². The number of nitriles is 1. The van der Waals surface area contributed by atoms with E-state index in [2.05, 4.69) is 26.3 Å². The Morgan fingerprint density at radius 1 is 1.00 bits per heavy atom. The van der Waals surface area contributed by atoms with Gasteiger partial charge in [0.25, 0.3) is 11.8 Å². The summed E-state index contributed by atoms with van der Waals surface area (Å²) >= 11 is 0. The van der Waals surface area contributed by atoms with Crippen molar-refractivity contribution in [2.45, 2.75) is 44.8 Å². The second kappa shape index (κ2) is 10.1. The molecule has 3 aromatic rings. The van der Waals surface area contributed by atoms with Crippen molar-refractivity contribution in [1.82, 2.24) is 14.9 Å². The highest BCUT2D eigenvalue weighted by atomic mass is 16.5. The van der Waals surface area contributed by atoms with Crippen LogP contribution in [0.2, 0.25) is 0 Å². The lowest BCUT2D eigenvalue weighted by Gasteiger charge is -2.39. The third kappa shape index (κ3) is 4.72. The number of pyridine rings is 2. The van der Waals surface area contributed by atoms with Gasteiger partial charge in [0.2, 0.25) is 0 Å². The Hall–Kier alpha value is -4.29. The average molecular weight is 523 g/mol. The van der Waals surface area contributed by atoms with Gasteiger partial charge < -0.3 is 19.9 Å². The molecule has 9 nitrogen and oxygen atoms in total. The number of piperidine rings is 1. The van der Waals surface area contributed by atoms with E-state index in [1.54, 1.807) is 31.5 Å². The molecule has 1 aromatic carbocycles. The van der Waals surface area contributed by atoms with Gasteiger partial charge in [-0.05, 0) is 74.1 Å². The number of hydrogen-bond acceptors (Lipinski definition) is 7. The minimum atomic E-state index is -0.414. The van der Waals surface area contributed by atoms with Gasteiger partial charge in [-0.15, -0.1) is 0 Å². The number of likely N-dealkylation sites (tertiary alicyclic amines) is 1. The van der Waals surface area contributed by atoms with Crippen molar-refractivity contribution < 1.29 is 14.3 Å². The maximum Gasteiger partial charge on any atom is 0.257 e. The van der Waals surface area contributed by atoms with E-state index in [1.165, 1.54) is 0 Å². The molecule has 0 atom stereocenters. The van der Waals surface area contributed by atoms with E-state index in [4.69, 9.17) is 4.74 Å². The Kier molecular flexibility index (Phi) is 6.49. The maximum atomic E-state index is 13.4. The Bertz CT molecular complexity index is 1470. The number of fused-ring (bicyclic) bond motifs is 2. The molecule has 2 saturated heterocycles. The minimum Gasteiger partial charge on any atom is -0.365 e. The zero-order valence-corrected chi connectivity index (χ0v) is 21.9. The first-order chi connectivity index (χ1) is 19.0. The van der Waals surface area contributed by atoms with Crippen LogP contribution in [-0.4, -0.2) is 52.9 Å². The fraction of sp³-hybridized carbons (Fsp3) is 0.367. The Morgan fingerprint density at radius 3 is 2.49 bits per heavy atom. The molecule has 3 aliphatic rings. The summed E-state index contributed by atoms with van der Waals surface area (Å²) in [6.45, 7) is 5.36. The molecule has 0 saturated carbocycles. The second-order valence-electron chi connectivity index (χ2n) is 10.5. The molecule has 2 fully saturated rings. The average Bonchev–Trinajstić information content (AvgIpc) is 3.63. The molecule has 0 unspecified atom stereocenters. The van der Waals surface area contributed by atoms with Crippen LogP contribution >= 0.6 is 0 Å². The maximum absolute atomic E-state index is 13.4. The lowest BCUT2D eigenvalue weighted by molar-refractivity contribution is -0.0741. The second-order valence-corrected chi connectivity index (χ2v) is 10.5. The largest absolute Gasteiger partial charge is 0.365 e. The number of carbonyl (C=O) groups is 2. The quantitative estimate of drug-likeness (QED) is 0.547. The van der Waals surface area contributed by atoms with Crippen molar-refractivity contribution in [3.63, 3.8) is 0 Å². The van der Waals surface area contributed by atoms with Gasteiger partial charge in [0.1, 0.15) is 5.82 Å². The normalized spacial score (nSPS) is 17.6. The summed E-state index contributed by atoms with van der Waals surface area (Å²) in [4.78, 5) is 39.2. The summed E-state index contributed by atoms with van der Waals surface area (Å²) in [6.07, 6.45) is 6.84. The van der Waals surface area contributed by atoms with E-state index in [0.29, 0.717) is 60.6 Å². The number of amides is 2. The molecule has 9 heteroatoms. The molecule has 2 aromatic heterocycles. The SMILES string of the molecule is Cc1ncc(C(=O)N2CCC3(CC2)OCc2cc(C#N)ccc23)cc1NC(=O)c1ccc(N2CCCC2)nc1. The van der Waals surface area contributed by atoms with Gasteiger partial charge in [-0.25, -0.2) is 4.98 Å². The number of rotatable bonds is 4. The Labute approximate surface area is 227 Å². The first kappa shape index (κ1) is 25.0. The molecular formula is C30H30N6O3. The molecule has 1 spiro atoms. The van der Waals surface area contributed by atoms with E-state index in [1.807, 2.05) is 29.2 Å². The first-order valence-corrected chi connectivity index (χ1v) is 13.4. The van der Waals surface area contributed by atoms with Crippen molar-refractivity contribution in [3.8, 4) is 6.07 Å². The summed E-state index contributed by atoms with van der Waals surface area (Å²) in [6, 6.07) is 13.3. The van der Waals surface area contributed by atoms with Crippen LogP contribution in [-0.2, 0) is 16.9 Å². The van der Waals surface area contributed by atoms with Crippen LogP contribution in [0.5, 0.6) is 0 Å². The molecule has 39 heavy (non-hydrogen) atoms. The Morgan fingerprint density at radius 2 is 1.77 bits per heavy atom. The molecule has 2 amide bonds. The van der Waals surface area contributed by atoms with Crippen LogP contribution in [0.15, 0.2) is 48.8 Å². The van der Waals surface area contributed by atoms with E-state index in [9.17, 15) is 14.9 Å². The number of anilines is 2. The molecule has 0 bridgehead atoms. The number of nitrogens with zero attached hydrogens (tertiary/aromatic N) is 5.